The number of nitrogens with zero attached hydrogens (tertiary/aromatic N) is 2. The number of nitriles is 1. The van der Waals surface area contributed by atoms with Crippen LogP contribution < -0.4 is 10.2 Å². The fraction of sp³-hybridized carbons (Fsp3) is 0. The Kier molecular flexibility index (Phi) is 3.91. The van der Waals surface area contributed by atoms with E-state index in [1.165, 1.54) is 24.3 Å². The van der Waals surface area contributed by atoms with Crippen LogP contribution in [0.2, 0.25) is 0 Å². The van der Waals surface area contributed by atoms with Crippen LogP contribution in [0.5, 0.6) is 5.75 Å². The van der Waals surface area contributed by atoms with Gasteiger partial charge in [0.25, 0.3) is 11.8 Å². The molecule has 0 aliphatic carbocycles. The van der Waals surface area contributed by atoms with Crippen LogP contribution >= 0.6 is 0 Å². The summed E-state index contributed by atoms with van der Waals surface area (Å²) in [6.07, 6.45) is 0.976. The minimum absolute atomic E-state index is 0.146. The van der Waals surface area contributed by atoms with E-state index < -0.39 is 29.2 Å². The molecule has 0 bridgehead atoms. The monoisotopic (exact) mass is 341 g/mol. The zero-order chi connectivity index (χ0) is 18.1. The van der Waals surface area contributed by atoms with Crippen LogP contribution in [0.1, 0.15) is 5.56 Å². The molecule has 8 heteroatoms. The Bertz CT molecular complexity index is 956. The van der Waals surface area contributed by atoms with Gasteiger partial charge in [0.05, 0.1) is 17.3 Å². The number of carbonyl (C=O) groups is 2. The van der Waals surface area contributed by atoms with E-state index in [-0.39, 0.29) is 22.6 Å². The highest BCUT2D eigenvalue weighted by Crippen LogP contribution is 2.28. The molecule has 2 aromatic rings. The highest BCUT2D eigenvalue weighted by Gasteiger charge is 2.32. The van der Waals surface area contributed by atoms with Gasteiger partial charge in [-0.3, -0.25) is 9.59 Å². The molecule has 2 N–H and O–H groups in total. The first-order valence-electron chi connectivity index (χ1n) is 6.96. The molecule has 1 aliphatic rings. The highest BCUT2D eigenvalue weighted by molar-refractivity contribution is 6.31. The van der Waals surface area contributed by atoms with Crippen LogP contribution in [0.15, 0.2) is 48.2 Å². The zero-order valence-electron chi connectivity index (χ0n) is 12.5. The lowest BCUT2D eigenvalue weighted by Gasteiger charge is -2.15. The quantitative estimate of drug-likeness (QED) is 0.660. The number of phenolic OH excluding ortho intramolecular Hbond substituents is 1. The summed E-state index contributed by atoms with van der Waals surface area (Å²) >= 11 is 0. The van der Waals surface area contributed by atoms with Crippen molar-refractivity contribution >= 4 is 23.2 Å². The van der Waals surface area contributed by atoms with Gasteiger partial charge in [0, 0.05) is 23.9 Å². The number of hydrogen-bond acceptors (Lipinski definition) is 5. The predicted octanol–water partition coefficient (Wildman–Crippen LogP) is 2.41. The topological polar surface area (TPSA) is 93.4 Å². The molecule has 2 aromatic carbocycles. The number of rotatable bonds is 3. The van der Waals surface area contributed by atoms with Crippen molar-refractivity contribution in [2.24, 2.45) is 0 Å². The van der Waals surface area contributed by atoms with Gasteiger partial charge in [-0.1, -0.05) is 6.07 Å². The van der Waals surface area contributed by atoms with Crippen molar-refractivity contribution in [1.29, 1.82) is 5.26 Å². The molecule has 0 unspecified atom stereocenters. The lowest BCUT2D eigenvalue weighted by atomic mass is 10.2. The van der Waals surface area contributed by atoms with Crippen molar-refractivity contribution in [3.8, 4) is 11.8 Å². The second-order valence-electron chi connectivity index (χ2n) is 5.11. The van der Waals surface area contributed by atoms with E-state index in [2.05, 4.69) is 5.32 Å². The van der Waals surface area contributed by atoms with Gasteiger partial charge in [0.15, 0.2) is 17.4 Å². The smallest absolute Gasteiger partial charge is 0.281 e. The van der Waals surface area contributed by atoms with Gasteiger partial charge < -0.3 is 10.4 Å². The molecule has 1 aliphatic heterocycles. The van der Waals surface area contributed by atoms with Gasteiger partial charge in [-0.05, 0) is 18.2 Å². The zero-order valence-corrected chi connectivity index (χ0v) is 12.5. The third-order valence-corrected chi connectivity index (χ3v) is 3.45. The minimum Gasteiger partial charge on any atom is -0.503 e. The number of aromatic hydroxyl groups is 1. The van der Waals surface area contributed by atoms with E-state index in [0.29, 0.717) is 0 Å². The van der Waals surface area contributed by atoms with Gasteiger partial charge in [-0.15, -0.1) is 0 Å². The molecule has 0 fully saturated rings. The van der Waals surface area contributed by atoms with E-state index in [1.54, 1.807) is 0 Å². The average molecular weight is 341 g/mol. The normalized spacial score (nSPS) is 13.6. The largest absolute Gasteiger partial charge is 0.503 e. The Hall–Kier alpha value is -3.73. The molecule has 124 valence electrons. The summed E-state index contributed by atoms with van der Waals surface area (Å²) in [4.78, 5) is 25.3. The number of hydrogen-bond donors (Lipinski definition) is 2. The predicted molar refractivity (Wildman–Crippen MR) is 83.4 cm³/mol. The molecule has 0 saturated heterocycles. The first-order chi connectivity index (χ1) is 11.9. The van der Waals surface area contributed by atoms with E-state index in [1.807, 2.05) is 6.07 Å². The maximum atomic E-state index is 13.4. The summed E-state index contributed by atoms with van der Waals surface area (Å²) in [5, 5.41) is 20.4. The lowest BCUT2D eigenvalue weighted by Crippen LogP contribution is -2.32. The summed E-state index contributed by atoms with van der Waals surface area (Å²) in [7, 11) is 0. The third kappa shape index (κ3) is 2.90. The Morgan fingerprint density at radius 2 is 1.80 bits per heavy atom. The first kappa shape index (κ1) is 16.1. The fourth-order valence-corrected chi connectivity index (χ4v) is 2.31. The number of halogens is 2. The van der Waals surface area contributed by atoms with Gasteiger partial charge in [0.2, 0.25) is 0 Å². The van der Waals surface area contributed by atoms with E-state index in [0.717, 1.165) is 23.1 Å². The lowest BCUT2D eigenvalue weighted by molar-refractivity contribution is -0.120. The summed E-state index contributed by atoms with van der Waals surface area (Å²) in [6, 6.07) is 9.36. The highest BCUT2D eigenvalue weighted by atomic mass is 19.1. The van der Waals surface area contributed by atoms with Gasteiger partial charge in [0.1, 0.15) is 5.70 Å². The number of carbonyl (C=O) groups excluding carboxylic acids is 2. The number of anilines is 2. The fourth-order valence-electron chi connectivity index (χ4n) is 2.31. The van der Waals surface area contributed by atoms with Crippen molar-refractivity contribution < 1.29 is 23.5 Å². The van der Waals surface area contributed by atoms with Crippen LogP contribution in [-0.2, 0) is 9.59 Å². The molecule has 0 atom stereocenters. The van der Waals surface area contributed by atoms with E-state index in [9.17, 15) is 18.4 Å². The Labute approximate surface area is 140 Å². The molecule has 0 spiro atoms. The summed E-state index contributed by atoms with van der Waals surface area (Å²) in [5.74, 6) is -4.96. The number of imide groups is 1. The Morgan fingerprint density at radius 3 is 2.44 bits per heavy atom. The molecule has 0 aromatic heterocycles. The third-order valence-electron chi connectivity index (χ3n) is 3.45. The molecule has 0 saturated carbocycles. The Morgan fingerprint density at radius 1 is 1.12 bits per heavy atom. The van der Waals surface area contributed by atoms with E-state index >= 15 is 0 Å². The van der Waals surface area contributed by atoms with Crippen LogP contribution in [-0.4, -0.2) is 16.9 Å². The minimum atomic E-state index is -1.21. The molecule has 2 amide bonds. The molecule has 1 heterocycles. The Balaban J connectivity index is 1.88. The van der Waals surface area contributed by atoms with E-state index in [4.69, 9.17) is 10.4 Å². The molecule has 6 nitrogen and oxygen atoms in total. The number of phenols is 1. The summed E-state index contributed by atoms with van der Waals surface area (Å²) in [5.41, 5.74) is 0.122. The summed E-state index contributed by atoms with van der Waals surface area (Å²) < 4.78 is 26.7. The molecule has 25 heavy (non-hydrogen) atoms. The molecular weight excluding hydrogens is 332 g/mol. The number of amides is 2. The second kappa shape index (κ2) is 6.05. The van der Waals surface area contributed by atoms with Crippen molar-refractivity contribution in [3.63, 3.8) is 0 Å². The first-order valence-corrected chi connectivity index (χ1v) is 6.96. The van der Waals surface area contributed by atoms with Gasteiger partial charge >= 0.3 is 0 Å². The number of nitrogens with one attached hydrogen (secondary N) is 1. The molecule has 0 radical (unpaired) electrons. The van der Waals surface area contributed by atoms with Crippen LogP contribution in [0.3, 0.4) is 0 Å². The van der Waals surface area contributed by atoms with Crippen molar-refractivity contribution in [2.75, 3.05) is 10.2 Å². The standard InChI is InChI=1S/C17H9F2N3O3/c18-12-5-10(6-13(19)16(12)24)21-14-7-15(23)22(17(14)25)11-3-1-2-9(4-11)8-20/h1-7,21,24H. The SMILES string of the molecule is N#Cc1cccc(N2C(=O)C=C(Nc3cc(F)c(O)c(F)c3)C2=O)c1. The van der Waals surface area contributed by atoms with Gasteiger partial charge in [-0.25, -0.2) is 13.7 Å². The van der Waals surface area contributed by atoms with Crippen LogP contribution in [0, 0.1) is 23.0 Å². The maximum Gasteiger partial charge on any atom is 0.281 e. The van der Waals surface area contributed by atoms with Crippen molar-refractivity contribution in [1.82, 2.24) is 0 Å². The summed E-state index contributed by atoms with van der Waals surface area (Å²) in [6.45, 7) is 0. The van der Waals surface area contributed by atoms with Crippen molar-refractivity contribution in [2.45, 2.75) is 0 Å². The van der Waals surface area contributed by atoms with Crippen LogP contribution in [0.25, 0.3) is 0 Å². The molecular formula is C17H9F2N3O3. The average Bonchev–Trinajstić information content (AvgIpc) is 2.86. The van der Waals surface area contributed by atoms with Crippen molar-refractivity contribution in [3.05, 3.63) is 65.4 Å². The van der Waals surface area contributed by atoms with Gasteiger partial charge in [-0.2, -0.15) is 5.26 Å². The van der Waals surface area contributed by atoms with Crippen LogP contribution in [0.4, 0.5) is 20.2 Å². The second-order valence-corrected chi connectivity index (χ2v) is 5.11. The maximum absolute atomic E-state index is 13.4. The number of benzene rings is 2. The molecule has 3 rings (SSSR count).